The van der Waals surface area contributed by atoms with Gasteiger partial charge in [0, 0.05) is 29.2 Å². The van der Waals surface area contributed by atoms with E-state index in [1.807, 2.05) is 54.6 Å². The summed E-state index contributed by atoms with van der Waals surface area (Å²) in [4.78, 5) is 2.09. The number of anilines is 3. The Morgan fingerprint density at radius 3 is 2.24 bits per heavy atom. The maximum Gasteiger partial charge on any atom is 0.107 e. The quantitative estimate of drug-likeness (QED) is 0.699. The van der Waals surface area contributed by atoms with Crippen molar-refractivity contribution in [2.45, 2.75) is 6.04 Å². The monoisotopic (exact) mass is 333 g/mol. The van der Waals surface area contributed by atoms with Crippen molar-refractivity contribution < 1.29 is 4.39 Å². The van der Waals surface area contributed by atoms with Crippen LogP contribution < -0.4 is 16.4 Å². The molecule has 0 fully saturated rings. The molecule has 0 aromatic heterocycles. The van der Waals surface area contributed by atoms with Crippen LogP contribution in [0.15, 0.2) is 66.7 Å². The van der Waals surface area contributed by atoms with Gasteiger partial charge >= 0.3 is 0 Å². The Labute approximate surface area is 146 Å². The second kappa shape index (κ2) is 6.13. The third-order valence-corrected chi connectivity index (χ3v) is 4.74. The predicted octanol–water partition coefficient (Wildman–Crippen LogP) is 4.40. The van der Waals surface area contributed by atoms with E-state index >= 15 is 0 Å². The first-order valence-corrected chi connectivity index (χ1v) is 8.36. The largest absolute Gasteiger partial charge is 0.399 e. The van der Waals surface area contributed by atoms with Crippen LogP contribution >= 0.6 is 0 Å². The Hall–Kier alpha value is -3.01. The van der Waals surface area contributed by atoms with Gasteiger partial charge in [0.1, 0.15) is 6.67 Å². The van der Waals surface area contributed by atoms with E-state index in [0.717, 1.165) is 27.9 Å². The molecule has 1 aliphatic rings. The molecule has 0 bridgehead atoms. The molecule has 0 saturated carbocycles. The number of alkyl halides is 1. The standard InChI is InChI=1S/C21H20FN3/c22-10-11-25-20-13-16(24)7-9-18(20)17-8-6-15(23)12-19(17)21(25)14-4-2-1-3-5-14/h1-9,12-13,21H,10-11,23-24H2. The van der Waals surface area contributed by atoms with Crippen LogP contribution in [0.2, 0.25) is 0 Å². The lowest BCUT2D eigenvalue weighted by atomic mass is 9.84. The van der Waals surface area contributed by atoms with Gasteiger partial charge in [0.2, 0.25) is 0 Å². The molecule has 126 valence electrons. The van der Waals surface area contributed by atoms with Crippen LogP contribution in [0.3, 0.4) is 0 Å². The first kappa shape index (κ1) is 15.5. The molecule has 0 saturated heterocycles. The number of halogens is 1. The molecule has 4 rings (SSSR count). The number of benzene rings is 3. The van der Waals surface area contributed by atoms with Gasteiger partial charge in [-0.3, -0.25) is 0 Å². The van der Waals surface area contributed by atoms with Crippen LogP contribution in [0.1, 0.15) is 17.2 Å². The van der Waals surface area contributed by atoms with Crippen LogP contribution in [0, 0.1) is 0 Å². The Morgan fingerprint density at radius 1 is 0.840 bits per heavy atom. The van der Waals surface area contributed by atoms with Crippen LogP contribution in [-0.2, 0) is 0 Å². The molecule has 0 spiro atoms. The third kappa shape index (κ3) is 2.60. The SMILES string of the molecule is Nc1ccc2c(c1)C(c1ccccc1)N(CCF)c1cc(N)ccc1-2. The minimum absolute atomic E-state index is 0.0928. The average molecular weight is 333 g/mol. The van der Waals surface area contributed by atoms with E-state index in [-0.39, 0.29) is 6.04 Å². The lowest BCUT2D eigenvalue weighted by Crippen LogP contribution is -2.34. The van der Waals surface area contributed by atoms with E-state index in [9.17, 15) is 4.39 Å². The van der Waals surface area contributed by atoms with Crippen molar-refractivity contribution in [3.63, 3.8) is 0 Å². The molecule has 3 aromatic carbocycles. The second-order valence-electron chi connectivity index (χ2n) is 6.32. The summed E-state index contributed by atoms with van der Waals surface area (Å²) in [6.07, 6.45) is 0. The van der Waals surface area contributed by atoms with Crippen molar-refractivity contribution in [3.05, 3.63) is 77.9 Å². The minimum Gasteiger partial charge on any atom is -0.399 e. The van der Waals surface area contributed by atoms with Gasteiger partial charge in [0.15, 0.2) is 0 Å². The highest BCUT2D eigenvalue weighted by Gasteiger charge is 2.32. The van der Waals surface area contributed by atoms with Gasteiger partial charge in [0.25, 0.3) is 0 Å². The highest BCUT2D eigenvalue weighted by Crippen LogP contribution is 2.48. The molecular weight excluding hydrogens is 313 g/mol. The van der Waals surface area contributed by atoms with Crippen molar-refractivity contribution >= 4 is 17.1 Å². The maximum absolute atomic E-state index is 13.4. The van der Waals surface area contributed by atoms with Crippen LogP contribution in [-0.4, -0.2) is 13.2 Å². The van der Waals surface area contributed by atoms with E-state index in [1.54, 1.807) is 0 Å². The van der Waals surface area contributed by atoms with Crippen LogP contribution in [0.5, 0.6) is 0 Å². The molecule has 0 aliphatic carbocycles. The zero-order chi connectivity index (χ0) is 17.4. The number of rotatable bonds is 3. The topological polar surface area (TPSA) is 55.3 Å². The first-order valence-electron chi connectivity index (χ1n) is 8.36. The molecule has 25 heavy (non-hydrogen) atoms. The number of fused-ring (bicyclic) bond motifs is 3. The normalized spacial score (nSPS) is 15.6. The zero-order valence-corrected chi connectivity index (χ0v) is 13.8. The molecule has 1 heterocycles. The summed E-state index contributed by atoms with van der Waals surface area (Å²) in [5, 5.41) is 0. The number of hydrogen-bond acceptors (Lipinski definition) is 3. The van der Waals surface area contributed by atoms with Crippen LogP contribution in [0.25, 0.3) is 11.1 Å². The molecule has 1 atom stereocenters. The fourth-order valence-corrected chi connectivity index (χ4v) is 3.71. The summed E-state index contributed by atoms with van der Waals surface area (Å²) in [6.45, 7) is -0.139. The number of nitrogen functional groups attached to an aromatic ring is 2. The fourth-order valence-electron chi connectivity index (χ4n) is 3.71. The lowest BCUT2D eigenvalue weighted by Gasteiger charge is -2.40. The van der Waals surface area contributed by atoms with E-state index in [0.29, 0.717) is 17.9 Å². The van der Waals surface area contributed by atoms with Crippen molar-refractivity contribution in [1.82, 2.24) is 0 Å². The number of nitrogens with zero attached hydrogens (tertiary/aromatic N) is 1. The summed E-state index contributed by atoms with van der Waals surface area (Å²) < 4.78 is 13.4. The minimum atomic E-state index is -0.435. The molecule has 3 aromatic rings. The van der Waals surface area contributed by atoms with Crippen molar-refractivity contribution in [2.24, 2.45) is 0 Å². The Kier molecular flexibility index (Phi) is 3.80. The summed E-state index contributed by atoms with van der Waals surface area (Å²) in [6, 6.07) is 21.8. The molecule has 4 N–H and O–H groups in total. The highest BCUT2D eigenvalue weighted by atomic mass is 19.1. The second-order valence-corrected chi connectivity index (χ2v) is 6.32. The van der Waals surface area contributed by atoms with Gasteiger partial charge < -0.3 is 16.4 Å². The summed E-state index contributed by atoms with van der Waals surface area (Å²) in [5.74, 6) is 0. The predicted molar refractivity (Wildman–Crippen MR) is 102 cm³/mol. The van der Waals surface area contributed by atoms with Gasteiger partial charge in [-0.05, 0) is 41.0 Å². The summed E-state index contributed by atoms with van der Waals surface area (Å²) >= 11 is 0. The number of nitrogens with two attached hydrogens (primary N) is 2. The van der Waals surface area contributed by atoms with Crippen LogP contribution in [0.4, 0.5) is 21.5 Å². The Morgan fingerprint density at radius 2 is 1.52 bits per heavy atom. The van der Waals surface area contributed by atoms with Crippen molar-refractivity contribution in [2.75, 3.05) is 29.6 Å². The molecule has 3 nitrogen and oxygen atoms in total. The molecule has 0 amide bonds. The van der Waals surface area contributed by atoms with Gasteiger partial charge in [-0.2, -0.15) is 0 Å². The van der Waals surface area contributed by atoms with E-state index in [2.05, 4.69) is 17.0 Å². The van der Waals surface area contributed by atoms with Gasteiger partial charge in [-0.1, -0.05) is 42.5 Å². The molecule has 0 radical (unpaired) electrons. The van der Waals surface area contributed by atoms with Crippen molar-refractivity contribution in [1.29, 1.82) is 0 Å². The van der Waals surface area contributed by atoms with E-state index < -0.39 is 6.67 Å². The molecule has 1 aliphatic heterocycles. The number of hydrogen-bond donors (Lipinski definition) is 2. The first-order chi connectivity index (χ1) is 12.2. The molecular formula is C21H20FN3. The summed E-state index contributed by atoms with van der Waals surface area (Å²) in [7, 11) is 0. The Bertz CT molecular complexity index is 908. The highest BCUT2D eigenvalue weighted by molar-refractivity contribution is 5.88. The van der Waals surface area contributed by atoms with Gasteiger partial charge in [0.05, 0.1) is 6.04 Å². The Balaban J connectivity index is 2.01. The zero-order valence-electron chi connectivity index (χ0n) is 13.8. The fraction of sp³-hybridized carbons (Fsp3) is 0.143. The molecule has 4 heteroatoms. The van der Waals surface area contributed by atoms with Gasteiger partial charge in [-0.15, -0.1) is 0 Å². The average Bonchev–Trinajstić information content (AvgIpc) is 2.62. The van der Waals surface area contributed by atoms with E-state index in [4.69, 9.17) is 11.5 Å². The lowest BCUT2D eigenvalue weighted by molar-refractivity contribution is 0.480. The maximum atomic E-state index is 13.4. The third-order valence-electron chi connectivity index (χ3n) is 4.74. The van der Waals surface area contributed by atoms with E-state index in [1.165, 1.54) is 0 Å². The van der Waals surface area contributed by atoms with Crippen molar-refractivity contribution in [3.8, 4) is 11.1 Å². The van der Waals surface area contributed by atoms with Gasteiger partial charge in [-0.25, -0.2) is 4.39 Å². The molecule has 1 unspecified atom stereocenters. The summed E-state index contributed by atoms with van der Waals surface area (Å²) in [5.41, 5.74) is 18.8. The smallest absolute Gasteiger partial charge is 0.107 e.